The standard InChI is InChI=1S/C25H25Cl2NO2S/c1-2-30-22-12-8-19(9-13-22)17-28(15-14-20-10-11-21(26)16-24(20)27)25(29)18-31-23-6-4-3-5-7-23/h3-13,16H,2,14-15,17-18H2,1H3. The SMILES string of the molecule is CCOc1ccc(CN(CCc2ccc(Cl)cc2Cl)C(=O)CSc2ccccc2)cc1. The molecule has 3 aromatic rings. The van der Waals surface area contributed by atoms with Gasteiger partial charge in [0.1, 0.15) is 5.75 Å². The van der Waals surface area contributed by atoms with E-state index >= 15 is 0 Å². The summed E-state index contributed by atoms with van der Waals surface area (Å²) in [7, 11) is 0. The van der Waals surface area contributed by atoms with Crippen molar-refractivity contribution in [3.63, 3.8) is 0 Å². The Labute approximate surface area is 198 Å². The van der Waals surface area contributed by atoms with Gasteiger partial charge in [0.05, 0.1) is 12.4 Å². The zero-order valence-electron chi connectivity index (χ0n) is 17.4. The number of ether oxygens (including phenoxy) is 1. The van der Waals surface area contributed by atoms with Crippen molar-refractivity contribution in [3.8, 4) is 5.75 Å². The van der Waals surface area contributed by atoms with Crippen LogP contribution in [0, 0.1) is 0 Å². The summed E-state index contributed by atoms with van der Waals surface area (Å²) in [5, 5.41) is 1.23. The largest absolute Gasteiger partial charge is 0.494 e. The van der Waals surface area contributed by atoms with Crippen molar-refractivity contribution in [3.05, 3.63) is 94.0 Å². The van der Waals surface area contributed by atoms with Crippen molar-refractivity contribution in [1.82, 2.24) is 4.90 Å². The zero-order valence-corrected chi connectivity index (χ0v) is 19.7. The van der Waals surface area contributed by atoms with Crippen LogP contribution in [-0.2, 0) is 17.8 Å². The Kier molecular flexibility index (Phi) is 9.13. The van der Waals surface area contributed by atoms with Gasteiger partial charge in [-0.25, -0.2) is 0 Å². The number of nitrogens with zero attached hydrogens (tertiary/aromatic N) is 1. The second-order valence-corrected chi connectivity index (χ2v) is 8.87. The molecular weight excluding hydrogens is 449 g/mol. The van der Waals surface area contributed by atoms with E-state index in [0.29, 0.717) is 41.9 Å². The van der Waals surface area contributed by atoms with Gasteiger partial charge in [0.15, 0.2) is 0 Å². The molecule has 3 nitrogen and oxygen atoms in total. The molecule has 0 atom stereocenters. The number of thioether (sulfide) groups is 1. The third-order valence-electron chi connectivity index (χ3n) is 4.73. The summed E-state index contributed by atoms with van der Waals surface area (Å²) in [5.74, 6) is 1.31. The van der Waals surface area contributed by atoms with Crippen LogP contribution in [-0.4, -0.2) is 29.7 Å². The predicted octanol–water partition coefficient (Wildman–Crippen LogP) is 6.76. The second kappa shape index (κ2) is 12.0. The Morgan fingerprint density at radius 3 is 2.42 bits per heavy atom. The Bertz CT molecular complexity index is 981. The van der Waals surface area contributed by atoms with E-state index in [1.807, 2.05) is 78.6 Å². The van der Waals surface area contributed by atoms with Gasteiger partial charge in [-0.05, 0) is 60.9 Å². The first-order chi connectivity index (χ1) is 15.0. The first-order valence-corrected chi connectivity index (χ1v) is 11.9. The maximum absolute atomic E-state index is 13.1. The molecule has 3 aromatic carbocycles. The molecule has 0 radical (unpaired) electrons. The van der Waals surface area contributed by atoms with Gasteiger partial charge in [0, 0.05) is 28.0 Å². The zero-order chi connectivity index (χ0) is 22.1. The van der Waals surface area contributed by atoms with E-state index in [-0.39, 0.29) is 5.91 Å². The summed E-state index contributed by atoms with van der Waals surface area (Å²) >= 11 is 13.9. The lowest BCUT2D eigenvalue weighted by atomic mass is 10.1. The molecule has 0 aliphatic rings. The van der Waals surface area contributed by atoms with Gasteiger partial charge in [0.2, 0.25) is 5.91 Å². The van der Waals surface area contributed by atoms with Crippen molar-refractivity contribution in [2.24, 2.45) is 0 Å². The van der Waals surface area contributed by atoms with Crippen molar-refractivity contribution in [2.75, 3.05) is 18.9 Å². The van der Waals surface area contributed by atoms with Crippen molar-refractivity contribution < 1.29 is 9.53 Å². The molecule has 0 aliphatic carbocycles. The maximum Gasteiger partial charge on any atom is 0.233 e. The molecule has 0 saturated carbocycles. The van der Waals surface area contributed by atoms with Crippen molar-refractivity contribution in [1.29, 1.82) is 0 Å². The molecule has 0 heterocycles. The van der Waals surface area contributed by atoms with Crippen LogP contribution in [0.5, 0.6) is 5.75 Å². The van der Waals surface area contributed by atoms with Crippen LogP contribution in [0.2, 0.25) is 10.0 Å². The molecular formula is C25H25Cl2NO2S. The predicted molar refractivity (Wildman–Crippen MR) is 130 cm³/mol. The molecule has 6 heteroatoms. The fraction of sp³-hybridized carbons (Fsp3) is 0.240. The normalized spacial score (nSPS) is 10.7. The van der Waals surface area contributed by atoms with Crippen LogP contribution in [0.4, 0.5) is 0 Å². The maximum atomic E-state index is 13.1. The van der Waals surface area contributed by atoms with E-state index < -0.39 is 0 Å². The highest BCUT2D eigenvalue weighted by Crippen LogP contribution is 2.23. The number of rotatable bonds is 10. The van der Waals surface area contributed by atoms with Gasteiger partial charge in [-0.1, -0.05) is 59.6 Å². The molecule has 31 heavy (non-hydrogen) atoms. The molecule has 0 spiro atoms. The third kappa shape index (κ3) is 7.49. The van der Waals surface area contributed by atoms with E-state index in [4.69, 9.17) is 27.9 Å². The smallest absolute Gasteiger partial charge is 0.233 e. The summed E-state index contributed by atoms with van der Waals surface area (Å²) in [6.07, 6.45) is 0.661. The summed E-state index contributed by atoms with van der Waals surface area (Å²) in [6, 6.07) is 23.3. The van der Waals surface area contributed by atoms with Gasteiger partial charge in [-0.3, -0.25) is 4.79 Å². The summed E-state index contributed by atoms with van der Waals surface area (Å²) in [6.45, 7) is 3.69. The summed E-state index contributed by atoms with van der Waals surface area (Å²) in [5.41, 5.74) is 2.04. The van der Waals surface area contributed by atoms with Crippen LogP contribution in [0.15, 0.2) is 77.7 Å². The molecule has 0 bridgehead atoms. The second-order valence-electron chi connectivity index (χ2n) is 6.98. The van der Waals surface area contributed by atoms with Gasteiger partial charge in [0.25, 0.3) is 0 Å². The van der Waals surface area contributed by atoms with E-state index in [1.165, 1.54) is 0 Å². The minimum absolute atomic E-state index is 0.0906. The third-order valence-corrected chi connectivity index (χ3v) is 6.32. The summed E-state index contributed by atoms with van der Waals surface area (Å²) in [4.78, 5) is 16.0. The van der Waals surface area contributed by atoms with Crippen LogP contribution in [0.1, 0.15) is 18.1 Å². The Morgan fingerprint density at radius 1 is 1.00 bits per heavy atom. The highest BCUT2D eigenvalue weighted by molar-refractivity contribution is 8.00. The Balaban J connectivity index is 1.69. The van der Waals surface area contributed by atoms with E-state index in [9.17, 15) is 4.79 Å². The topological polar surface area (TPSA) is 29.5 Å². The number of hydrogen-bond donors (Lipinski definition) is 0. The molecule has 0 unspecified atom stereocenters. The first kappa shape index (κ1) is 23.5. The van der Waals surface area contributed by atoms with Crippen LogP contribution in [0.25, 0.3) is 0 Å². The minimum Gasteiger partial charge on any atom is -0.494 e. The summed E-state index contributed by atoms with van der Waals surface area (Å²) < 4.78 is 5.52. The lowest BCUT2D eigenvalue weighted by Gasteiger charge is -2.23. The van der Waals surface area contributed by atoms with Gasteiger partial charge >= 0.3 is 0 Å². The molecule has 0 N–H and O–H groups in total. The number of benzene rings is 3. The Hall–Kier alpha value is -2.14. The Morgan fingerprint density at radius 2 is 1.74 bits per heavy atom. The molecule has 3 rings (SSSR count). The average molecular weight is 474 g/mol. The van der Waals surface area contributed by atoms with E-state index in [1.54, 1.807) is 17.8 Å². The van der Waals surface area contributed by atoms with Crippen molar-refractivity contribution >= 4 is 40.9 Å². The number of amides is 1. The van der Waals surface area contributed by atoms with Crippen LogP contribution < -0.4 is 4.74 Å². The van der Waals surface area contributed by atoms with E-state index in [2.05, 4.69) is 0 Å². The van der Waals surface area contributed by atoms with Crippen LogP contribution >= 0.6 is 35.0 Å². The van der Waals surface area contributed by atoms with Crippen molar-refractivity contribution in [2.45, 2.75) is 24.8 Å². The highest BCUT2D eigenvalue weighted by Gasteiger charge is 2.16. The lowest BCUT2D eigenvalue weighted by Crippen LogP contribution is -2.33. The number of halogens is 2. The van der Waals surface area contributed by atoms with Crippen LogP contribution in [0.3, 0.4) is 0 Å². The molecule has 0 aliphatic heterocycles. The molecule has 0 aromatic heterocycles. The monoisotopic (exact) mass is 473 g/mol. The minimum atomic E-state index is 0.0906. The van der Waals surface area contributed by atoms with Gasteiger partial charge < -0.3 is 9.64 Å². The highest BCUT2D eigenvalue weighted by atomic mass is 35.5. The van der Waals surface area contributed by atoms with Gasteiger partial charge in [-0.2, -0.15) is 0 Å². The number of carbonyl (C=O) groups is 1. The molecule has 0 saturated heterocycles. The van der Waals surface area contributed by atoms with Gasteiger partial charge in [-0.15, -0.1) is 11.8 Å². The lowest BCUT2D eigenvalue weighted by molar-refractivity contribution is -0.128. The number of carbonyl (C=O) groups excluding carboxylic acids is 1. The molecule has 162 valence electrons. The average Bonchev–Trinajstić information content (AvgIpc) is 2.78. The number of hydrogen-bond acceptors (Lipinski definition) is 3. The fourth-order valence-corrected chi connectivity index (χ4v) is 4.43. The first-order valence-electron chi connectivity index (χ1n) is 10.2. The quantitative estimate of drug-likeness (QED) is 0.304. The van der Waals surface area contributed by atoms with E-state index in [0.717, 1.165) is 21.8 Å². The molecule has 1 amide bonds. The fourth-order valence-electron chi connectivity index (χ4n) is 3.10. The molecule has 0 fully saturated rings.